The molecule has 0 radical (unpaired) electrons. The SMILES string of the molecule is CNC(CCOc1ccccc1)c1ccc(F)c(F)c1F. The quantitative estimate of drug-likeness (QED) is 0.818. The Morgan fingerprint density at radius 3 is 2.38 bits per heavy atom. The molecule has 1 unspecified atom stereocenters. The van der Waals surface area contributed by atoms with Crippen LogP contribution >= 0.6 is 0 Å². The Balaban J connectivity index is 2.02. The molecule has 0 fully saturated rings. The second-order valence-corrected chi connectivity index (χ2v) is 4.56. The predicted molar refractivity (Wildman–Crippen MR) is 74.7 cm³/mol. The van der Waals surface area contributed by atoms with Gasteiger partial charge in [-0.25, -0.2) is 13.2 Å². The van der Waals surface area contributed by atoms with Crippen LogP contribution in [0.2, 0.25) is 0 Å². The predicted octanol–water partition coefficient (Wildman–Crippen LogP) is 3.83. The fourth-order valence-corrected chi connectivity index (χ4v) is 2.08. The van der Waals surface area contributed by atoms with Gasteiger partial charge in [0.25, 0.3) is 0 Å². The fourth-order valence-electron chi connectivity index (χ4n) is 2.08. The molecule has 0 amide bonds. The van der Waals surface area contributed by atoms with Crippen molar-refractivity contribution in [2.24, 2.45) is 0 Å². The molecular formula is C16H16F3NO. The van der Waals surface area contributed by atoms with Crippen molar-refractivity contribution in [3.63, 3.8) is 0 Å². The van der Waals surface area contributed by atoms with E-state index >= 15 is 0 Å². The summed E-state index contributed by atoms with van der Waals surface area (Å²) in [6.07, 6.45) is 0.424. The van der Waals surface area contributed by atoms with Crippen molar-refractivity contribution >= 4 is 0 Å². The number of halogens is 3. The Morgan fingerprint density at radius 2 is 1.71 bits per heavy atom. The Labute approximate surface area is 121 Å². The van der Waals surface area contributed by atoms with Gasteiger partial charge in [0.05, 0.1) is 6.61 Å². The summed E-state index contributed by atoms with van der Waals surface area (Å²) in [5.41, 5.74) is 0.0908. The van der Waals surface area contributed by atoms with Gasteiger partial charge in [0, 0.05) is 18.0 Å². The van der Waals surface area contributed by atoms with Gasteiger partial charge in [-0.2, -0.15) is 0 Å². The van der Waals surface area contributed by atoms with E-state index in [2.05, 4.69) is 5.32 Å². The van der Waals surface area contributed by atoms with Gasteiger partial charge in [-0.3, -0.25) is 0 Å². The largest absolute Gasteiger partial charge is 0.494 e. The van der Waals surface area contributed by atoms with Gasteiger partial charge in [-0.1, -0.05) is 24.3 Å². The first-order valence-corrected chi connectivity index (χ1v) is 6.62. The van der Waals surface area contributed by atoms with E-state index in [1.54, 1.807) is 7.05 Å². The molecule has 2 nitrogen and oxygen atoms in total. The molecule has 0 aliphatic heterocycles. The molecule has 0 spiro atoms. The smallest absolute Gasteiger partial charge is 0.194 e. The van der Waals surface area contributed by atoms with Crippen molar-refractivity contribution < 1.29 is 17.9 Å². The van der Waals surface area contributed by atoms with Gasteiger partial charge >= 0.3 is 0 Å². The normalized spacial score (nSPS) is 12.2. The van der Waals surface area contributed by atoms with Crippen LogP contribution in [0.1, 0.15) is 18.0 Å². The molecule has 2 aromatic carbocycles. The van der Waals surface area contributed by atoms with Gasteiger partial charge in [-0.05, 0) is 25.2 Å². The molecular weight excluding hydrogens is 279 g/mol. The van der Waals surface area contributed by atoms with Crippen LogP contribution in [-0.2, 0) is 0 Å². The van der Waals surface area contributed by atoms with E-state index in [9.17, 15) is 13.2 Å². The molecule has 0 saturated heterocycles. The molecule has 0 aliphatic carbocycles. The summed E-state index contributed by atoms with van der Waals surface area (Å²) in [6.45, 7) is 0.327. The molecule has 0 aromatic heterocycles. The second-order valence-electron chi connectivity index (χ2n) is 4.56. The van der Waals surface area contributed by atoms with Crippen LogP contribution in [0.15, 0.2) is 42.5 Å². The van der Waals surface area contributed by atoms with E-state index < -0.39 is 23.5 Å². The first-order chi connectivity index (χ1) is 10.1. The number of rotatable bonds is 6. The van der Waals surface area contributed by atoms with E-state index in [0.29, 0.717) is 18.8 Å². The minimum atomic E-state index is -1.45. The lowest BCUT2D eigenvalue weighted by Crippen LogP contribution is -2.21. The number of nitrogens with one attached hydrogen (secondary N) is 1. The molecule has 1 N–H and O–H groups in total. The van der Waals surface area contributed by atoms with Crippen molar-refractivity contribution in [3.8, 4) is 5.75 Å². The maximum atomic E-state index is 13.8. The lowest BCUT2D eigenvalue weighted by atomic mass is 10.0. The number of ether oxygens (including phenoxy) is 1. The number of hydrogen-bond donors (Lipinski definition) is 1. The maximum Gasteiger partial charge on any atom is 0.194 e. The molecule has 1 atom stereocenters. The highest BCUT2D eigenvalue weighted by Crippen LogP contribution is 2.23. The van der Waals surface area contributed by atoms with Gasteiger partial charge < -0.3 is 10.1 Å². The summed E-state index contributed by atoms with van der Waals surface area (Å²) in [6, 6.07) is 10.9. The van der Waals surface area contributed by atoms with Crippen LogP contribution in [0.3, 0.4) is 0 Å². The molecule has 2 rings (SSSR count). The lowest BCUT2D eigenvalue weighted by molar-refractivity contribution is 0.287. The number of benzene rings is 2. The third-order valence-electron chi connectivity index (χ3n) is 3.21. The molecule has 21 heavy (non-hydrogen) atoms. The van der Waals surface area contributed by atoms with Crippen molar-refractivity contribution in [3.05, 3.63) is 65.5 Å². The zero-order valence-electron chi connectivity index (χ0n) is 11.6. The molecule has 5 heteroatoms. The van der Waals surface area contributed by atoms with Gasteiger partial charge in [-0.15, -0.1) is 0 Å². The van der Waals surface area contributed by atoms with Crippen LogP contribution in [0.4, 0.5) is 13.2 Å². The maximum absolute atomic E-state index is 13.8. The van der Waals surface area contributed by atoms with E-state index in [1.165, 1.54) is 6.07 Å². The summed E-state index contributed by atoms with van der Waals surface area (Å²) in [7, 11) is 1.63. The van der Waals surface area contributed by atoms with Crippen LogP contribution in [0.5, 0.6) is 5.75 Å². The standard InChI is InChI=1S/C16H16F3NO/c1-20-14(9-10-21-11-5-3-2-4-6-11)12-7-8-13(17)16(19)15(12)18/h2-8,14,20H,9-10H2,1H3. The molecule has 112 valence electrons. The Bertz CT molecular complexity index is 590. The topological polar surface area (TPSA) is 21.3 Å². The molecule has 0 heterocycles. The van der Waals surface area contributed by atoms with Gasteiger partial charge in [0.1, 0.15) is 5.75 Å². The van der Waals surface area contributed by atoms with E-state index in [0.717, 1.165) is 6.07 Å². The van der Waals surface area contributed by atoms with Crippen LogP contribution in [0, 0.1) is 17.5 Å². The van der Waals surface area contributed by atoms with Crippen LogP contribution in [0.25, 0.3) is 0 Å². The van der Waals surface area contributed by atoms with Gasteiger partial charge in [0.15, 0.2) is 17.5 Å². The van der Waals surface area contributed by atoms with Crippen molar-refractivity contribution in [1.82, 2.24) is 5.32 Å². The summed E-state index contributed by atoms with van der Waals surface area (Å²) in [5.74, 6) is -3.09. The highest BCUT2D eigenvalue weighted by Gasteiger charge is 2.19. The monoisotopic (exact) mass is 295 g/mol. The Morgan fingerprint density at radius 1 is 1.00 bits per heavy atom. The van der Waals surface area contributed by atoms with Crippen molar-refractivity contribution in [2.45, 2.75) is 12.5 Å². The Hall–Kier alpha value is -2.01. The highest BCUT2D eigenvalue weighted by atomic mass is 19.2. The zero-order valence-corrected chi connectivity index (χ0v) is 11.6. The van der Waals surface area contributed by atoms with Crippen molar-refractivity contribution in [2.75, 3.05) is 13.7 Å². The second kappa shape index (κ2) is 7.13. The van der Waals surface area contributed by atoms with Gasteiger partial charge in [0.2, 0.25) is 0 Å². The van der Waals surface area contributed by atoms with E-state index in [4.69, 9.17) is 4.74 Å². The van der Waals surface area contributed by atoms with Crippen molar-refractivity contribution in [1.29, 1.82) is 0 Å². The van der Waals surface area contributed by atoms with E-state index in [1.807, 2.05) is 30.3 Å². The number of para-hydroxylation sites is 1. The highest BCUT2D eigenvalue weighted by molar-refractivity contribution is 5.24. The summed E-state index contributed by atoms with van der Waals surface area (Å²) in [4.78, 5) is 0. The zero-order chi connectivity index (χ0) is 15.2. The molecule has 0 aliphatic rings. The first-order valence-electron chi connectivity index (χ1n) is 6.62. The first kappa shape index (κ1) is 15.4. The minimum Gasteiger partial charge on any atom is -0.494 e. The number of hydrogen-bond acceptors (Lipinski definition) is 2. The fraction of sp³-hybridized carbons (Fsp3) is 0.250. The molecule has 0 bridgehead atoms. The van der Waals surface area contributed by atoms with E-state index in [-0.39, 0.29) is 5.56 Å². The average molecular weight is 295 g/mol. The van der Waals surface area contributed by atoms with Crippen LogP contribution in [-0.4, -0.2) is 13.7 Å². The van der Waals surface area contributed by atoms with Crippen LogP contribution < -0.4 is 10.1 Å². The molecule has 0 saturated carbocycles. The summed E-state index contributed by atoms with van der Waals surface area (Å²) in [5, 5.41) is 2.88. The lowest BCUT2D eigenvalue weighted by Gasteiger charge is -2.18. The minimum absolute atomic E-state index is 0.0908. The molecule has 2 aromatic rings. The summed E-state index contributed by atoms with van der Waals surface area (Å²) < 4.78 is 45.5. The third-order valence-corrected chi connectivity index (χ3v) is 3.21. The third kappa shape index (κ3) is 3.76. The average Bonchev–Trinajstić information content (AvgIpc) is 2.51. The Kier molecular flexibility index (Phi) is 5.22. The summed E-state index contributed by atoms with van der Waals surface area (Å²) >= 11 is 0.